The van der Waals surface area contributed by atoms with Gasteiger partial charge >= 0.3 is 0 Å². The van der Waals surface area contributed by atoms with Gasteiger partial charge in [-0.25, -0.2) is 0 Å². The van der Waals surface area contributed by atoms with Gasteiger partial charge in [0.2, 0.25) is 0 Å². The monoisotopic (exact) mass is 650 g/mol. The van der Waals surface area contributed by atoms with Gasteiger partial charge in [0.05, 0.1) is 25.2 Å². The summed E-state index contributed by atoms with van der Waals surface area (Å²) in [5.74, 6) is 1.76. The van der Waals surface area contributed by atoms with Crippen LogP contribution in [-0.2, 0) is 16.2 Å². The highest BCUT2D eigenvalue weighted by atomic mass is 127. The molecule has 2 aromatic carbocycles. The molecule has 2 saturated carbocycles. The number of halogens is 2. The molecule has 32 heavy (non-hydrogen) atoms. The molecule has 1 saturated heterocycles. The molecule has 1 heterocycles. The van der Waals surface area contributed by atoms with Gasteiger partial charge in [-0.2, -0.15) is 10.1 Å². The Morgan fingerprint density at radius 2 is 1.56 bits per heavy atom. The maximum atomic E-state index is 13.1. The number of hydrazone groups is 1. The number of rotatable bonds is 5. The number of ether oxygens (including phenoxy) is 1. The summed E-state index contributed by atoms with van der Waals surface area (Å²) >= 11 is 4.50. The van der Waals surface area contributed by atoms with Crippen molar-refractivity contribution in [2.45, 2.75) is 13.0 Å². The average molecular weight is 650 g/mol. The normalized spacial score (nSPS) is 31.9. The maximum absolute atomic E-state index is 13.1. The minimum absolute atomic E-state index is 0.131. The standard InChI is InChI=1S/C25H20I2N2O3/c26-19-8-14(9-20(27)23(19)32-12-13-4-2-1-3-5-13)11-28-29-24(30)21-15-6-7-16(18-10-17(15)18)22(21)25(29)31/h1-9,11,15-18,21-22H,10,12H2/b28-11-/t15-,16-,17-,18-,21+,22+/m0/s1. The Hall–Kier alpha value is -1.75. The van der Waals surface area contributed by atoms with Crippen molar-refractivity contribution in [2.24, 2.45) is 40.6 Å². The third kappa shape index (κ3) is 3.34. The lowest BCUT2D eigenvalue weighted by Crippen LogP contribution is -2.40. The van der Waals surface area contributed by atoms with Crippen molar-refractivity contribution in [3.05, 3.63) is 72.9 Å². The lowest BCUT2D eigenvalue weighted by atomic mass is 9.63. The molecule has 0 radical (unpaired) electrons. The molecule has 7 rings (SSSR count). The Morgan fingerprint density at radius 1 is 0.969 bits per heavy atom. The second-order valence-corrected chi connectivity index (χ2v) is 11.3. The summed E-state index contributed by atoms with van der Waals surface area (Å²) in [5.41, 5.74) is 1.95. The summed E-state index contributed by atoms with van der Waals surface area (Å²) in [6.45, 7) is 0.498. The zero-order valence-corrected chi connectivity index (χ0v) is 21.3. The van der Waals surface area contributed by atoms with E-state index in [9.17, 15) is 9.59 Å². The van der Waals surface area contributed by atoms with Gasteiger partial charge in [0.1, 0.15) is 12.4 Å². The van der Waals surface area contributed by atoms with Crippen LogP contribution in [0.4, 0.5) is 0 Å². The van der Waals surface area contributed by atoms with Crippen LogP contribution in [-0.4, -0.2) is 23.0 Å². The predicted molar refractivity (Wildman–Crippen MR) is 137 cm³/mol. The first-order chi connectivity index (χ1) is 15.5. The van der Waals surface area contributed by atoms with Gasteiger partial charge in [-0.3, -0.25) is 9.59 Å². The summed E-state index contributed by atoms with van der Waals surface area (Å²) in [5, 5.41) is 5.49. The Balaban J connectivity index is 1.19. The Bertz CT molecular complexity index is 1120. The number of hydrogen-bond donors (Lipinski definition) is 0. The molecule has 0 N–H and O–H groups in total. The van der Waals surface area contributed by atoms with E-state index >= 15 is 0 Å². The zero-order valence-electron chi connectivity index (χ0n) is 17.0. The molecular formula is C25H20I2N2O3. The van der Waals surface area contributed by atoms with Gasteiger partial charge in [0.25, 0.3) is 11.8 Å². The highest BCUT2D eigenvalue weighted by Crippen LogP contribution is 2.65. The van der Waals surface area contributed by atoms with E-state index in [4.69, 9.17) is 4.74 Å². The molecule has 4 aliphatic carbocycles. The van der Waals surface area contributed by atoms with Gasteiger partial charge in [0, 0.05) is 0 Å². The van der Waals surface area contributed by atoms with Crippen molar-refractivity contribution in [3.63, 3.8) is 0 Å². The summed E-state index contributed by atoms with van der Waals surface area (Å²) in [4.78, 5) is 26.1. The van der Waals surface area contributed by atoms with Gasteiger partial charge in [-0.15, -0.1) is 0 Å². The fraction of sp³-hybridized carbons (Fsp3) is 0.320. The molecule has 2 amide bonds. The topological polar surface area (TPSA) is 59.0 Å². The van der Waals surface area contributed by atoms with E-state index in [1.807, 2.05) is 42.5 Å². The second-order valence-electron chi connectivity index (χ2n) is 8.98. The van der Waals surface area contributed by atoms with E-state index < -0.39 is 0 Å². The molecule has 2 aromatic rings. The van der Waals surface area contributed by atoms with Crippen molar-refractivity contribution < 1.29 is 14.3 Å². The van der Waals surface area contributed by atoms with Crippen LogP contribution in [0.5, 0.6) is 5.75 Å². The van der Waals surface area contributed by atoms with E-state index in [0.717, 1.165) is 35.4 Å². The van der Waals surface area contributed by atoms with Crippen molar-refractivity contribution in [1.29, 1.82) is 0 Å². The molecule has 1 aliphatic heterocycles. The summed E-state index contributed by atoms with van der Waals surface area (Å²) < 4.78 is 7.96. The van der Waals surface area contributed by atoms with E-state index in [1.54, 1.807) is 6.21 Å². The van der Waals surface area contributed by atoms with Crippen LogP contribution in [0.1, 0.15) is 17.5 Å². The molecule has 7 heteroatoms. The molecule has 5 aliphatic rings. The van der Waals surface area contributed by atoms with E-state index in [-0.39, 0.29) is 35.5 Å². The number of benzene rings is 2. The number of imide groups is 1. The maximum Gasteiger partial charge on any atom is 0.254 e. The Kier molecular flexibility index (Phi) is 5.16. The number of hydrogen-bond acceptors (Lipinski definition) is 4. The lowest BCUT2D eigenvalue weighted by molar-refractivity contribution is -0.140. The van der Waals surface area contributed by atoms with Crippen LogP contribution in [0.3, 0.4) is 0 Å². The summed E-state index contributed by atoms with van der Waals surface area (Å²) in [6, 6.07) is 14.0. The van der Waals surface area contributed by atoms with Crippen molar-refractivity contribution in [3.8, 4) is 5.75 Å². The predicted octanol–water partition coefficient (Wildman–Crippen LogP) is 4.86. The number of carbonyl (C=O) groups excluding carboxylic acids is 2. The first-order valence-corrected chi connectivity index (χ1v) is 12.9. The van der Waals surface area contributed by atoms with Gasteiger partial charge in [-0.05, 0) is 98.5 Å². The molecule has 5 nitrogen and oxygen atoms in total. The molecule has 2 bridgehead atoms. The Morgan fingerprint density at radius 3 is 2.16 bits per heavy atom. The molecular weight excluding hydrogens is 630 g/mol. The van der Waals surface area contributed by atoms with Crippen LogP contribution in [0.25, 0.3) is 0 Å². The number of carbonyl (C=O) groups is 2. The minimum atomic E-state index is -0.215. The summed E-state index contributed by atoms with van der Waals surface area (Å²) in [6.07, 6.45) is 7.14. The highest BCUT2D eigenvalue weighted by molar-refractivity contribution is 14.1. The molecule has 6 atom stereocenters. The fourth-order valence-electron chi connectivity index (χ4n) is 5.70. The van der Waals surface area contributed by atoms with Crippen LogP contribution in [0.15, 0.2) is 59.7 Å². The van der Waals surface area contributed by atoms with Gasteiger partial charge < -0.3 is 4.74 Å². The van der Waals surface area contributed by atoms with Gasteiger partial charge in [-0.1, -0.05) is 42.5 Å². The molecule has 0 spiro atoms. The smallest absolute Gasteiger partial charge is 0.254 e. The van der Waals surface area contributed by atoms with Crippen molar-refractivity contribution in [2.75, 3.05) is 0 Å². The van der Waals surface area contributed by atoms with E-state index in [0.29, 0.717) is 18.4 Å². The van der Waals surface area contributed by atoms with E-state index in [1.165, 1.54) is 0 Å². The van der Waals surface area contributed by atoms with Crippen LogP contribution >= 0.6 is 45.2 Å². The second kappa shape index (κ2) is 7.93. The number of nitrogens with zero attached hydrogens (tertiary/aromatic N) is 2. The largest absolute Gasteiger partial charge is 0.487 e. The molecule has 0 unspecified atom stereocenters. The molecule has 162 valence electrons. The quantitative estimate of drug-likeness (QED) is 0.201. The average Bonchev–Trinajstić information content (AvgIpc) is 3.57. The van der Waals surface area contributed by atoms with Crippen LogP contribution < -0.4 is 4.74 Å². The van der Waals surface area contributed by atoms with Gasteiger partial charge in [0.15, 0.2) is 0 Å². The first kappa shape index (κ1) is 20.8. The van der Waals surface area contributed by atoms with Crippen LogP contribution in [0, 0.1) is 42.6 Å². The fourth-order valence-corrected chi connectivity index (χ4v) is 7.83. The summed E-state index contributed by atoms with van der Waals surface area (Å²) in [7, 11) is 0. The molecule has 3 fully saturated rings. The lowest BCUT2D eigenvalue weighted by Gasteiger charge is -2.37. The first-order valence-electron chi connectivity index (χ1n) is 10.8. The third-order valence-electron chi connectivity index (χ3n) is 7.21. The van der Waals surface area contributed by atoms with Crippen molar-refractivity contribution in [1.82, 2.24) is 5.01 Å². The van der Waals surface area contributed by atoms with Crippen LogP contribution in [0.2, 0.25) is 0 Å². The highest BCUT2D eigenvalue weighted by Gasteiger charge is 2.67. The van der Waals surface area contributed by atoms with Crippen molar-refractivity contribution >= 4 is 63.2 Å². The number of amides is 2. The Labute approximate surface area is 213 Å². The minimum Gasteiger partial charge on any atom is -0.487 e. The number of allylic oxidation sites excluding steroid dienone is 2. The van der Waals surface area contributed by atoms with E-state index in [2.05, 4.69) is 62.4 Å². The molecule has 0 aromatic heterocycles. The SMILES string of the molecule is O=C1[C@@H]2[C@H]3C=C[C@@H]([C@@H]4C[C@@H]34)[C@H]2C(=O)N1/N=C\c1cc(I)c(OCc2ccccc2)c(I)c1. The third-order valence-corrected chi connectivity index (χ3v) is 8.81. The zero-order chi connectivity index (χ0) is 22.0.